The molecule has 0 unspecified atom stereocenters. The number of hydrogen-bond acceptors (Lipinski definition) is 3. The second kappa shape index (κ2) is 15.7. The minimum absolute atomic E-state index is 0. The van der Waals surface area contributed by atoms with Crippen molar-refractivity contribution < 1.29 is 39.5 Å². The minimum Gasteiger partial charge on any atom is -0.534 e. The van der Waals surface area contributed by atoms with Gasteiger partial charge in [-0.15, -0.1) is 5.53 Å². The Morgan fingerprint density at radius 3 is 1.88 bits per heavy atom. The average molecular weight is 145 g/mol. The molecule has 0 amide bonds. The molecule has 0 aromatic heterocycles. The molecule has 0 aliphatic carbocycles. The Morgan fingerprint density at radius 2 is 1.88 bits per heavy atom. The molecular formula is CHClN3NaO2. The van der Waals surface area contributed by atoms with Crippen molar-refractivity contribution >= 4 is 17.0 Å². The number of carbonyl (C=O) groups excluding carboxylic acids is 1. The summed E-state index contributed by atoms with van der Waals surface area (Å²) in [4.78, 5) is 10.4. The van der Waals surface area contributed by atoms with Gasteiger partial charge in [-0.05, 0) is 10.4 Å². The molecule has 0 atom stereocenters. The number of carbonyl (C=O) groups is 1. The molecule has 0 bridgehead atoms. The van der Waals surface area contributed by atoms with Crippen LogP contribution in [0.1, 0.15) is 0 Å². The molecule has 0 fully saturated rings. The van der Waals surface area contributed by atoms with Gasteiger partial charge < -0.3 is 9.90 Å². The second-order valence-electron chi connectivity index (χ2n) is 0.338. The van der Waals surface area contributed by atoms with Gasteiger partial charge in [-0.2, -0.15) is 0 Å². The van der Waals surface area contributed by atoms with Crippen LogP contribution < -0.4 is 34.7 Å². The van der Waals surface area contributed by atoms with Crippen LogP contribution in [0.2, 0.25) is 0 Å². The number of hydrogen-bond donors (Lipinski definition) is 1. The van der Waals surface area contributed by atoms with Crippen LogP contribution in [-0.4, -0.2) is 5.43 Å². The van der Waals surface area contributed by atoms with E-state index >= 15 is 0 Å². The van der Waals surface area contributed by atoms with Gasteiger partial charge in [0.05, 0.1) is 0 Å². The maximum absolute atomic E-state index is 8.65. The van der Waals surface area contributed by atoms with Crippen molar-refractivity contribution in [2.45, 2.75) is 0 Å². The zero-order valence-electron chi connectivity index (χ0n) is 4.09. The number of carboxylic acid groups (broad SMARTS) is 1. The first-order chi connectivity index (χ1) is 3.15. The Balaban J connectivity index is -0.0000000575. The van der Waals surface area contributed by atoms with E-state index in [1.165, 1.54) is 0 Å². The Morgan fingerprint density at radius 1 is 1.88 bits per heavy atom. The Hall–Kier alpha value is 0.0700. The van der Waals surface area contributed by atoms with Gasteiger partial charge in [0, 0.05) is 0 Å². The van der Waals surface area contributed by atoms with Crippen LogP contribution in [0.5, 0.6) is 0 Å². The molecule has 0 radical (unpaired) electrons. The summed E-state index contributed by atoms with van der Waals surface area (Å²) in [5.74, 6) is 0. The van der Waals surface area contributed by atoms with Gasteiger partial charge in [0.1, 0.15) is 5.43 Å². The van der Waals surface area contributed by atoms with Crippen molar-refractivity contribution in [1.82, 2.24) is 0 Å². The summed E-state index contributed by atoms with van der Waals surface area (Å²) in [6, 6.07) is 0. The monoisotopic (exact) mass is 145 g/mol. The maximum Gasteiger partial charge on any atom is 1.00 e. The van der Waals surface area contributed by atoms with Gasteiger partial charge in [0.15, 0.2) is 0 Å². The van der Waals surface area contributed by atoms with E-state index in [0.717, 1.165) is 0 Å². The van der Waals surface area contributed by atoms with Gasteiger partial charge >= 0.3 is 29.6 Å². The summed E-state index contributed by atoms with van der Waals surface area (Å²) in [5.41, 5.74) is 10.6. The number of rotatable bonds is 0. The predicted molar refractivity (Wildman–Crippen MR) is 20.7 cm³/mol. The molecule has 0 heterocycles. The molecule has 0 aliphatic heterocycles. The van der Waals surface area contributed by atoms with Gasteiger partial charge in [-0.1, -0.05) is 11.6 Å². The van der Waals surface area contributed by atoms with Crippen molar-refractivity contribution in [3.05, 3.63) is 10.4 Å². The first-order valence-electron chi connectivity index (χ1n) is 1.02. The Labute approximate surface area is 72.3 Å². The molecule has 1 N–H and O–H groups in total. The van der Waals surface area contributed by atoms with E-state index < -0.39 is 5.43 Å². The standard InChI is InChI=1S/CHClO2.HN3.Na/c2-1(3)4;1-3-2;/h(H,3,4);1H;/q;;+1/p-1. The third-order valence-corrected chi connectivity index (χ3v) is 0. The molecule has 0 saturated carbocycles. The molecule has 7 heteroatoms. The van der Waals surface area contributed by atoms with Crippen molar-refractivity contribution in [1.29, 1.82) is 5.53 Å². The predicted octanol–water partition coefficient (Wildman–Crippen LogP) is -2.55. The maximum atomic E-state index is 8.65. The molecular weight excluding hydrogens is 144 g/mol. The van der Waals surface area contributed by atoms with Crippen LogP contribution >= 0.6 is 11.6 Å². The van der Waals surface area contributed by atoms with Crippen LogP contribution in [0, 0.1) is 5.53 Å². The molecule has 40 valence electrons. The van der Waals surface area contributed by atoms with Gasteiger partial charge in [0.2, 0.25) is 0 Å². The number of nitrogens with zero attached hydrogens (tertiary/aromatic N) is 2. The molecule has 0 aromatic rings. The van der Waals surface area contributed by atoms with Crippen LogP contribution in [-0.2, 0) is 0 Å². The molecule has 0 rings (SSSR count). The van der Waals surface area contributed by atoms with Gasteiger partial charge in [0.25, 0.3) is 0 Å². The second-order valence-corrected chi connectivity index (χ2v) is 0.646. The minimum atomic E-state index is -1.61. The van der Waals surface area contributed by atoms with E-state index in [9.17, 15) is 0 Å². The molecule has 0 spiro atoms. The van der Waals surface area contributed by atoms with E-state index in [4.69, 9.17) is 21.0 Å². The van der Waals surface area contributed by atoms with E-state index in [0.29, 0.717) is 0 Å². The van der Waals surface area contributed by atoms with E-state index in [2.05, 4.69) is 11.6 Å². The molecule has 8 heavy (non-hydrogen) atoms. The van der Waals surface area contributed by atoms with Crippen LogP contribution in [0.15, 0.2) is 0 Å². The third kappa shape index (κ3) is 31800. The van der Waals surface area contributed by atoms with Gasteiger partial charge in [-0.3, -0.25) is 0 Å². The SMILES string of the molecule is O=C([O-])Cl.[N-]=[N+]=N.[Na+]. The largest absolute Gasteiger partial charge is 1.00 e. The number of halogens is 1. The summed E-state index contributed by atoms with van der Waals surface area (Å²) in [6.45, 7) is 0. The van der Waals surface area contributed by atoms with E-state index in [1.807, 2.05) is 0 Å². The van der Waals surface area contributed by atoms with Crippen molar-refractivity contribution in [2.24, 2.45) is 0 Å². The quantitative estimate of drug-likeness (QED) is 0.133. The summed E-state index contributed by atoms with van der Waals surface area (Å²) < 4.78 is 0. The summed E-state index contributed by atoms with van der Waals surface area (Å²) in [5, 5.41) is 8.65. The normalized spacial score (nSPS) is 4.12. The van der Waals surface area contributed by atoms with E-state index in [1.54, 1.807) is 4.91 Å². The first kappa shape index (κ1) is 15.7. The van der Waals surface area contributed by atoms with E-state index in [-0.39, 0.29) is 29.6 Å². The molecule has 0 aliphatic rings. The zero-order chi connectivity index (χ0) is 6.28. The Kier molecular flexibility index (Phi) is 30.8. The fourth-order valence-corrected chi connectivity index (χ4v) is 0. The first-order valence-corrected chi connectivity index (χ1v) is 1.40. The Bertz CT molecular complexity index is 85.3. The summed E-state index contributed by atoms with van der Waals surface area (Å²) in [6.07, 6.45) is 0. The van der Waals surface area contributed by atoms with Crippen LogP contribution in [0.4, 0.5) is 4.79 Å². The fourth-order valence-electron chi connectivity index (χ4n) is 0. The van der Waals surface area contributed by atoms with Gasteiger partial charge in [-0.25, -0.2) is 0 Å². The summed E-state index contributed by atoms with van der Waals surface area (Å²) >= 11 is 4.08. The topological polar surface area (TPSA) is 100 Å². The average Bonchev–Trinajstić information content (AvgIpc) is 1.33. The van der Waals surface area contributed by atoms with Crippen molar-refractivity contribution in [3.63, 3.8) is 0 Å². The van der Waals surface area contributed by atoms with Crippen molar-refractivity contribution in [2.75, 3.05) is 0 Å². The van der Waals surface area contributed by atoms with Crippen LogP contribution in [0.25, 0.3) is 10.4 Å². The number of nitrogens with one attached hydrogen (secondary N) is 1. The molecule has 5 nitrogen and oxygen atoms in total. The van der Waals surface area contributed by atoms with Crippen LogP contribution in [0.3, 0.4) is 0 Å². The fraction of sp³-hybridized carbons (Fsp3) is 0. The summed E-state index contributed by atoms with van der Waals surface area (Å²) in [7, 11) is 0. The zero-order valence-corrected chi connectivity index (χ0v) is 6.84. The smallest absolute Gasteiger partial charge is 0.534 e. The van der Waals surface area contributed by atoms with Crippen molar-refractivity contribution in [3.8, 4) is 0 Å². The third-order valence-electron chi connectivity index (χ3n) is 0. The molecule has 0 saturated heterocycles. The molecule has 0 aromatic carbocycles.